The van der Waals surface area contributed by atoms with Gasteiger partial charge in [-0.2, -0.15) is 0 Å². The smallest absolute Gasteiger partial charge is 0.234 e. The van der Waals surface area contributed by atoms with Crippen LogP contribution in [-0.2, 0) is 14.6 Å². The van der Waals surface area contributed by atoms with Crippen LogP contribution in [0.2, 0.25) is 0 Å². The second-order valence-electron chi connectivity index (χ2n) is 2.40. The SMILES string of the molecule is CC(NCS(C)(=O)=O)C(N)=O. The van der Waals surface area contributed by atoms with E-state index in [1.54, 1.807) is 0 Å². The fourth-order valence-electron chi connectivity index (χ4n) is 0.377. The highest BCUT2D eigenvalue weighted by Gasteiger charge is 2.09. The maximum atomic E-state index is 10.5. The standard InChI is InChI=1S/C5H12N2O3S/c1-4(5(6)8)7-3-11(2,9)10/h4,7H,3H2,1-2H3,(H2,6,8). The summed E-state index contributed by atoms with van der Waals surface area (Å²) in [6, 6.07) is -0.607. The number of carbonyl (C=O) groups excluding carboxylic acids is 1. The van der Waals surface area contributed by atoms with Crippen molar-refractivity contribution in [2.24, 2.45) is 5.73 Å². The molecule has 0 aliphatic carbocycles. The lowest BCUT2D eigenvalue weighted by atomic mass is 10.3. The third kappa shape index (κ3) is 5.81. The zero-order valence-corrected chi connectivity index (χ0v) is 7.31. The van der Waals surface area contributed by atoms with Crippen molar-refractivity contribution in [1.82, 2.24) is 5.32 Å². The fourth-order valence-corrected chi connectivity index (χ4v) is 0.930. The molecule has 0 rings (SSSR count). The molecule has 0 saturated carbocycles. The Labute approximate surface area is 65.9 Å². The van der Waals surface area contributed by atoms with E-state index < -0.39 is 21.8 Å². The van der Waals surface area contributed by atoms with E-state index in [-0.39, 0.29) is 5.88 Å². The second kappa shape index (κ2) is 3.68. The van der Waals surface area contributed by atoms with Gasteiger partial charge in [-0.3, -0.25) is 10.1 Å². The van der Waals surface area contributed by atoms with Gasteiger partial charge in [-0.1, -0.05) is 0 Å². The quantitative estimate of drug-likeness (QED) is 0.548. The summed E-state index contributed by atoms with van der Waals surface area (Å²) in [4.78, 5) is 10.4. The molecule has 0 spiro atoms. The Balaban J connectivity index is 3.82. The maximum absolute atomic E-state index is 10.5. The average Bonchev–Trinajstić information content (AvgIpc) is 1.80. The van der Waals surface area contributed by atoms with Crippen LogP contribution in [0.3, 0.4) is 0 Å². The highest BCUT2D eigenvalue weighted by molar-refractivity contribution is 7.90. The van der Waals surface area contributed by atoms with E-state index in [1.165, 1.54) is 6.92 Å². The summed E-state index contributed by atoms with van der Waals surface area (Å²) in [5, 5.41) is 2.46. The number of primary amides is 1. The molecule has 0 saturated heterocycles. The van der Waals surface area contributed by atoms with Crippen LogP contribution in [0.4, 0.5) is 0 Å². The minimum absolute atomic E-state index is 0.225. The van der Waals surface area contributed by atoms with E-state index in [1.807, 2.05) is 0 Å². The van der Waals surface area contributed by atoms with Gasteiger partial charge in [-0.05, 0) is 6.92 Å². The molecule has 1 amide bonds. The van der Waals surface area contributed by atoms with Crippen molar-refractivity contribution in [2.45, 2.75) is 13.0 Å². The van der Waals surface area contributed by atoms with Crippen molar-refractivity contribution in [3.8, 4) is 0 Å². The van der Waals surface area contributed by atoms with Crippen molar-refractivity contribution in [1.29, 1.82) is 0 Å². The lowest BCUT2D eigenvalue weighted by Crippen LogP contribution is -2.40. The molecule has 1 atom stereocenters. The van der Waals surface area contributed by atoms with Gasteiger partial charge in [0, 0.05) is 6.26 Å². The topological polar surface area (TPSA) is 89.3 Å². The number of hydrogen-bond donors (Lipinski definition) is 2. The van der Waals surface area contributed by atoms with Crippen LogP contribution < -0.4 is 11.1 Å². The first-order valence-corrected chi connectivity index (χ1v) is 5.09. The molecular formula is C5H12N2O3S. The lowest BCUT2D eigenvalue weighted by Gasteiger charge is -2.07. The summed E-state index contributed by atoms with van der Waals surface area (Å²) < 4.78 is 21.1. The lowest BCUT2D eigenvalue weighted by molar-refractivity contribution is -0.119. The number of rotatable bonds is 4. The molecule has 0 heterocycles. The molecule has 0 fully saturated rings. The van der Waals surface area contributed by atoms with Crippen molar-refractivity contribution in [3.05, 3.63) is 0 Å². The second-order valence-corrected chi connectivity index (χ2v) is 4.54. The molecule has 0 bridgehead atoms. The normalized spacial score (nSPS) is 14.4. The van der Waals surface area contributed by atoms with Gasteiger partial charge in [-0.25, -0.2) is 8.42 Å². The number of sulfone groups is 1. The largest absolute Gasteiger partial charge is 0.368 e. The van der Waals surface area contributed by atoms with Gasteiger partial charge in [0.1, 0.15) is 0 Å². The van der Waals surface area contributed by atoms with Gasteiger partial charge in [0.15, 0.2) is 9.84 Å². The van der Waals surface area contributed by atoms with Gasteiger partial charge < -0.3 is 5.73 Å². The zero-order valence-electron chi connectivity index (χ0n) is 6.49. The third-order valence-electron chi connectivity index (χ3n) is 1.08. The molecule has 66 valence electrons. The Morgan fingerprint density at radius 3 is 2.36 bits per heavy atom. The summed E-state index contributed by atoms with van der Waals surface area (Å²) in [5.41, 5.74) is 4.87. The van der Waals surface area contributed by atoms with E-state index in [4.69, 9.17) is 5.73 Å². The van der Waals surface area contributed by atoms with Crippen LogP contribution >= 0.6 is 0 Å². The van der Waals surface area contributed by atoms with Crippen molar-refractivity contribution >= 4 is 15.7 Å². The first kappa shape index (κ1) is 10.4. The monoisotopic (exact) mass is 180 g/mol. The fraction of sp³-hybridized carbons (Fsp3) is 0.800. The van der Waals surface area contributed by atoms with Gasteiger partial charge in [-0.15, -0.1) is 0 Å². The Bertz CT molecular complexity index is 234. The zero-order chi connectivity index (χ0) is 9.07. The predicted molar refractivity (Wildman–Crippen MR) is 41.5 cm³/mol. The molecule has 0 radical (unpaired) electrons. The number of amides is 1. The number of nitrogens with two attached hydrogens (primary N) is 1. The first-order valence-electron chi connectivity index (χ1n) is 3.03. The minimum Gasteiger partial charge on any atom is -0.368 e. The molecular weight excluding hydrogens is 168 g/mol. The Hall–Kier alpha value is -0.620. The molecule has 0 aromatic rings. The van der Waals surface area contributed by atoms with E-state index in [0.717, 1.165) is 6.26 Å². The van der Waals surface area contributed by atoms with Crippen LogP contribution in [0.15, 0.2) is 0 Å². The number of hydrogen-bond acceptors (Lipinski definition) is 4. The summed E-state index contributed by atoms with van der Waals surface area (Å²) in [6.45, 7) is 1.51. The Morgan fingerprint density at radius 2 is 2.09 bits per heavy atom. The highest BCUT2D eigenvalue weighted by Crippen LogP contribution is 1.82. The predicted octanol–water partition coefficient (Wildman–Crippen LogP) is -1.55. The average molecular weight is 180 g/mol. The number of nitrogens with one attached hydrogen (secondary N) is 1. The van der Waals surface area contributed by atoms with E-state index in [9.17, 15) is 13.2 Å². The molecule has 1 unspecified atom stereocenters. The van der Waals surface area contributed by atoms with Crippen molar-refractivity contribution < 1.29 is 13.2 Å². The molecule has 11 heavy (non-hydrogen) atoms. The van der Waals surface area contributed by atoms with Crippen LogP contribution in [0, 0.1) is 0 Å². The van der Waals surface area contributed by atoms with E-state index in [2.05, 4.69) is 5.32 Å². The third-order valence-corrected chi connectivity index (χ3v) is 1.77. The molecule has 0 aliphatic rings. The molecule has 3 N–H and O–H groups in total. The highest BCUT2D eigenvalue weighted by atomic mass is 32.2. The van der Waals surface area contributed by atoms with Gasteiger partial charge >= 0.3 is 0 Å². The van der Waals surface area contributed by atoms with Crippen LogP contribution in [-0.4, -0.2) is 32.5 Å². The summed E-state index contributed by atoms with van der Waals surface area (Å²) in [6.07, 6.45) is 1.08. The molecule has 5 nitrogen and oxygen atoms in total. The molecule has 6 heteroatoms. The van der Waals surface area contributed by atoms with Crippen LogP contribution in [0.1, 0.15) is 6.92 Å². The van der Waals surface area contributed by atoms with Crippen molar-refractivity contribution in [3.63, 3.8) is 0 Å². The minimum atomic E-state index is -3.07. The molecule has 0 aromatic heterocycles. The van der Waals surface area contributed by atoms with E-state index in [0.29, 0.717) is 0 Å². The first-order chi connectivity index (χ1) is 4.83. The number of carbonyl (C=O) groups is 1. The van der Waals surface area contributed by atoms with Gasteiger partial charge in [0.25, 0.3) is 0 Å². The van der Waals surface area contributed by atoms with Crippen LogP contribution in [0.5, 0.6) is 0 Å². The summed E-state index contributed by atoms with van der Waals surface area (Å²) >= 11 is 0. The summed E-state index contributed by atoms with van der Waals surface area (Å²) in [5.74, 6) is -0.787. The Kier molecular flexibility index (Phi) is 3.47. The van der Waals surface area contributed by atoms with Crippen LogP contribution in [0.25, 0.3) is 0 Å². The molecule has 0 aliphatic heterocycles. The van der Waals surface area contributed by atoms with Gasteiger partial charge in [0.2, 0.25) is 5.91 Å². The van der Waals surface area contributed by atoms with E-state index >= 15 is 0 Å². The maximum Gasteiger partial charge on any atom is 0.234 e. The Morgan fingerprint density at radius 1 is 1.64 bits per heavy atom. The van der Waals surface area contributed by atoms with Gasteiger partial charge in [0.05, 0.1) is 11.9 Å². The summed E-state index contributed by atoms with van der Waals surface area (Å²) in [7, 11) is -3.07. The van der Waals surface area contributed by atoms with Crippen molar-refractivity contribution in [2.75, 3.05) is 12.1 Å². The molecule has 0 aromatic carbocycles.